The first-order chi connectivity index (χ1) is 8.97. The predicted octanol–water partition coefficient (Wildman–Crippen LogP) is 3.69. The van der Waals surface area contributed by atoms with Gasteiger partial charge in [0.25, 0.3) is 5.91 Å². The van der Waals surface area contributed by atoms with E-state index in [1.165, 1.54) is 0 Å². The Balaban J connectivity index is 1.94. The molecule has 0 unspecified atom stereocenters. The normalized spacial score (nSPS) is 17.2. The molecule has 0 radical (unpaired) electrons. The number of thiophene rings is 1. The van der Waals surface area contributed by atoms with Crippen LogP contribution in [0.1, 0.15) is 23.2 Å². The maximum absolute atomic E-state index is 12.4. The van der Waals surface area contributed by atoms with Crippen molar-refractivity contribution in [3.05, 3.63) is 19.2 Å². The van der Waals surface area contributed by atoms with Crippen LogP contribution in [0.5, 0.6) is 0 Å². The second-order valence-electron chi connectivity index (χ2n) is 5.24. The van der Waals surface area contributed by atoms with Crippen LogP contribution in [0.4, 0.5) is 0 Å². The second kappa shape index (κ2) is 6.70. The zero-order valence-electron chi connectivity index (χ0n) is 11.2. The first-order valence-electron chi connectivity index (χ1n) is 6.36. The third-order valence-electron chi connectivity index (χ3n) is 3.41. The Bertz CT molecular complexity index is 453. The molecule has 0 saturated carbocycles. The van der Waals surface area contributed by atoms with Gasteiger partial charge in [-0.3, -0.25) is 4.79 Å². The van der Waals surface area contributed by atoms with Crippen LogP contribution in [-0.2, 0) is 0 Å². The van der Waals surface area contributed by atoms with Crippen molar-refractivity contribution >= 4 is 49.1 Å². The number of rotatable bonds is 3. The summed E-state index contributed by atoms with van der Waals surface area (Å²) in [6.45, 7) is 2.87. The van der Waals surface area contributed by atoms with Crippen molar-refractivity contribution in [1.29, 1.82) is 0 Å². The van der Waals surface area contributed by atoms with Gasteiger partial charge in [0.1, 0.15) is 0 Å². The lowest BCUT2D eigenvalue weighted by Crippen LogP contribution is -2.40. The van der Waals surface area contributed by atoms with Crippen molar-refractivity contribution < 1.29 is 4.79 Å². The molecule has 106 valence electrons. The van der Waals surface area contributed by atoms with Gasteiger partial charge in [0.2, 0.25) is 0 Å². The Morgan fingerprint density at radius 3 is 2.53 bits per heavy atom. The van der Waals surface area contributed by atoms with E-state index in [0.717, 1.165) is 51.5 Å². The molecule has 0 aliphatic carbocycles. The van der Waals surface area contributed by atoms with Crippen molar-refractivity contribution in [3.63, 3.8) is 0 Å². The van der Waals surface area contributed by atoms with E-state index < -0.39 is 0 Å². The van der Waals surface area contributed by atoms with Gasteiger partial charge in [-0.15, -0.1) is 11.3 Å². The summed E-state index contributed by atoms with van der Waals surface area (Å²) in [6.07, 6.45) is 2.21. The molecule has 2 rings (SSSR count). The number of hydrogen-bond donors (Lipinski definition) is 0. The fourth-order valence-corrected chi connectivity index (χ4v) is 5.27. The second-order valence-corrected chi connectivity index (χ2v) is 8.99. The molecule has 19 heavy (non-hydrogen) atoms. The molecule has 0 bridgehead atoms. The van der Waals surface area contributed by atoms with Crippen molar-refractivity contribution in [2.75, 3.05) is 33.7 Å². The fraction of sp³-hybridized carbons (Fsp3) is 0.615. The highest BCUT2D eigenvalue weighted by atomic mass is 79.9. The minimum Gasteiger partial charge on any atom is -0.339 e. The molecule has 1 aliphatic heterocycles. The van der Waals surface area contributed by atoms with E-state index in [9.17, 15) is 4.79 Å². The Morgan fingerprint density at radius 2 is 2.05 bits per heavy atom. The molecule has 1 saturated heterocycles. The maximum atomic E-state index is 12.4. The van der Waals surface area contributed by atoms with E-state index in [1.54, 1.807) is 11.3 Å². The van der Waals surface area contributed by atoms with Crippen molar-refractivity contribution in [1.82, 2.24) is 9.80 Å². The molecule has 0 atom stereocenters. The standard InChI is InChI=1S/C13H18Br2N2OS/c1-16(2)8-9-3-5-17(6-4-9)13(18)10-7-11(14)19-12(10)15/h7,9H,3-6,8H2,1-2H3. The summed E-state index contributed by atoms with van der Waals surface area (Å²) in [5.41, 5.74) is 0.780. The van der Waals surface area contributed by atoms with Crippen LogP contribution in [0.15, 0.2) is 13.6 Å². The zero-order valence-corrected chi connectivity index (χ0v) is 15.1. The Hall–Kier alpha value is 0.0900. The van der Waals surface area contributed by atoms with Crippen LogP contribution in [0.25, 0.3) is 0 Å². The van der Waals surface area contributed by atoms with E-state index in [-0.39, 0.29) is 5.91 Å². The monoisotopic (exact) mass is 408 g/mol. The molecule has 1 amide bonds. The van der Waals surface area contributed by atoms with Gasteiger partial charge >= 0.3 is 0 Å². The number of carbonyl (C=O) groups excluding carboxylic acids is 1. The molecule has 1 aromatic rings. The average Bonchev–Trinajstić information content (AvgIpc) is 2.68. The summed E-state index contributed by atoms with van der Waals surface area (Å²) in [7, 11) is 4.22. The highest BCUT2D eigenvalue weighted by Crippen LogP contribution is 2.33. The van der Waals surface area contributed by atoms with E-state index in [0.29, 0.717) is 0 Å². The Morgan fingerprint density at radius 1 is 1.42 bits per heavy atom. The highest BCUT2D eigenvalue weighted by Gasteiger charge is 2.25. The smallest absolute Gasteiger partial charge is 0.255 e. The minimum absolute atomic E-state index is 0.150. The lowest BCUT2D eigenvalue weighted by molar-refractivity contribution is 0.0677. The number of nitrogens with zero attached hydrogens (tertiary/aromatic N) is 2. The van der Waals surface area contributed by atoms with Crippen LogP contribution in [0.3, 0.4) is 0 Å². The average molecular weight is 410 g/mol. The zero-order chi connectivity index (χ0) is 14.0. The number of piperidine rings is 1. The molecule has 0 spiro atoms. The van der Waals surface area contributed by atoms with Gasteiger partial charge in [0.15, 0.2) is 0 Å². The molecular weight excluding hydrogens is 392 g/mol. The van der Waals surface area contributed by atoms with Gasteiger partial charge < -0.3 is 9.80 Å². The summed E-state index contributed by atoms with van der Waals surface area (Å²) in [4.78, 5) is 16.6. The SMILES string of the molecule is CN(C)CC1CCN(C(=O)c2cc(Br)sc2Br)CC1. The van der Waals surface area contributed by atoms with Gasteiger partial charge in [0.05, 0.1) is 13.1 Å². The van der Waals surface area contributed by atoms with E-state index in [2.05, 4.69) is 50.9 Å². The molecule has 2 heterocycles. The van der Waals surface area contributed by atoms with Crippen LogP contribution < -0.4 is 0 Å². The number of halogens is 2. The maximum Gasteiger partial charge on any atom is 0.255 e. The van der Waals surface area contributed by atoms with Crippen LogP contribution >= 0.6 is 43.2 Å². The number of carbonyl (C=O) groups is 1. The number of amides is 1. The molecule has 1 aromatic heterocycles. The van der Waals surface area contributed by atoms with Crippen LogP contribution in [-0.4, -0.2) is 49.4 Å². The number of likely N-dealkylation sites (tertiary alicyclic amines) is 1. The van der Waals surface area contributed by atoms with Crippen LogP contribution in [0, 0.1) is 5.92 Å². The van der Waals surface area contributed by atoms with Gasteiger partial charge in [-0.1, -0.05) is 0 Å². The van der Waals surface area contributed by atoms with Crippen molar-refractivity contribution in [2.24, 2.45) is 5.92 Å². The van der Waals surface area contributed by atoms with E-state index in [1.807, 2.05) is 11.0 Å². The lowest BCUT2D eigenvalue weighted by atomic mass is 9.96. The van der Waals surface area contributed by atoms with Gasteiger partial charge in [0, 0.05) is 19.6 Å². The molecular formula is C13H18Br2N2OS. The molecule has 1 aliphatic rings. The molecule has 0 aromatic carbocycles. The van der Waals surface area contributed by atoms with E-state index >= 15 is 0 Å². The minimum atomic E-state index is 0.150. The first-order valence-corrected chi connectivity index (χ1v) is 8.76. The summed E-state index contributed by atoms with van der Waals surface area (Å²) in [5, 5.41) is 0. The summed E-state index contributed by atoms with van der Waals surface area (Å²) in [6, 6.07) is 1.91. The predicted molar refractivity (Wildman–Crippen MR) is 86.9 cm³/mol. The van der Waals surface area contributed by atoms with Gasteiger partial charge in [-0.25, -0.2) is 0 Å². The summed E-state index contributed by atoms with van der Waals surface area (Å²) >= 11 is 8.44. The molecule has 1 fully saturated rings. The van der Waals surface area contributed by atoms with E-state index in [4.69, 9.17) is 0 Å². The highest BCUT2D eigenvalue weighted by molar-refractivity contribution is 9.12. The number of hydrogen-bond acceptors (Lipinski definition) is 3. The van der Waals surface area contributed by atoms with Crippen molar-refractivity contribution in [3.8, 4) is 0 Å². The quantitative estimate of drug-likeness (QED) is 0.759. The largest absolute Gasteiger partial charge is 0.339 e. The molecule has 3 nitrogen and oxygen atoms in total. The summed E-state index contributed by atoms with van der Waals surface area (Å²) in [5.74, 6) is 0.869. The lowest BCUT2D eigenvalue weighted by Gasteiger charge is -2.33. The third-order valence-corrected chi connectivity index (χ3v) is 5.75. The molecule has 6 heteroatoms. The van der Waals surface area contributed by atoms with Crippen LogP contribution in [0.2, 0.25) is 0 Å². The summed E-state index contributed by atoms with van der Waals surface area (Å²) < 4.78 is 1.91. The topological polar surface area (TPSA) is 23.6 Å². The fourth-order valence-electron chi connectivity index (χ4n) is 2.49. The molecule has 0 N–H and O–H groups in total. The van der Waals surface area contributed by atoms with Gasteiger partial charge in [-0.05, 0) is 70.8 Å². The van der Waals surface area contributed by atoms with Crippen molar-refractivity contribution in [2.45, 2.75) is 12.8 Å². The Kier molecular flexibility index (Phi) is 5.45. The van der Waals surface area contributed by atoms with Gasteiger partial charge in [-0.2, -0.15) is 0 Å². The first kappa shape index (κ1) is 15.5. The Labute approximate surface area is 135 Å². The third kappa shape index (κ3) is 4.03.